The highest BCUT2D eigenvalue weighted by Crippen LogP contribution is 2.31. The Bertz CT molecular complexity index is 1640. The van der Waals surface area contributed by atoms with Gasteiger partial charge in [-0.3, -0.25) is 9.13 Å². The van der Waals surface area contributed by atoms with E-state index in [0.29, 0.717) is 49.8 Å². The number of anilines is 1. The number of benzene rings is 1. The Morgan fingerprint density at radius 1 is 1.07 bits per heavy atom. The zero-order chi connectivity index (χ0) is 27.7. The van der Waals surface area contributed by atoms with Crippen molar-refractivity contribution < 1.29 is 12.6 Å². The minimum absolute atomic E-state index is 0.0152. The van der Waals surface area contributed by atoms with Crippen LogP contribution in [0, 0.1) is 0 Å². The molecule has 1 N–H and O–H groups in total. The highest BCUT2D eigenvalue weighted by atomic mass is 32.2. The van der Waals surface area contributed by atoms with Gasteiger partial charge in [0.25, 0.3) is 0 Å². The molecule has 0 bridgehead atoms. The normalized spacial score (nSPS) is 17.5. The number of imidazole rings is 1. The lowest BCUT2D eigenvalue weighted by atomic mass is 10.1. The molecule has 0 atom stereocenters. The zero-order valence-electron chi connectivity index (χ0n) is 22.2. The maximum Gasteiger partial charge on any atom is 0.330 e. The van der Waals surface area contributed by atoms with Crippen LogP contribution in [-0.4, -0.2) is 60.1 Å². The van der Waals surface area contributed by atoms with Crippen molar-refractivity contribution in [1.82, 2.24) is 32.6 Å². The number of hydrogen-bond acceptors (Lipinski definition) is 9. The van der Waals surface area contributed by atoms with Crippen molar-refractivity contribution >= 4 is 39.4 Å². The van der Waals surface area contributed by atoms with Crippen molar-refractivity contribution in [3.8, 4) is 5.75 Å². The monoisotopic (exact) mass is 584 g/mol. The fourth-order valence-corrected chi connectivity index (χ4v) is 7.50. The SMILES string of the molecule is CCn1c(=O)n(C2CCCC2)c2nc(NC3CCN(S(=O)(=O)c4cnn(SOc5ccccc5)c4)CC3)ncc21. The molecule has 1 saturated carbocycles. The summed E-state index contributed by atoms with van der Waals surface area (Å²) in [6.45, 7) is 3.24. The Labute approximate surface area is 236 Å². The van der Waals surface area contributed by atoms with E-state index in [9.17, 15) is 13.2 Å². The first-order chi connectivity index (χ1) is 19.4. The molecule has 14 heteroatoms. The summed E-state index contributed by atoms with van der Waals surface area (Å²) in [5.41, 5.74) is 1.39. The average molecular weight is 585 g/mol. The Hall–Kier alpha value is -3.36. The zero-order valence-corrected chi connectivity index (χ0v) is 23.9. The van der Waals surface area contributed by atoms with Gasteiger partial charge in [0.05, 0.1) is 18.6 Å². The fourth-order valence-electron chi connectivity index (χ4n) is 5.52. The number of hydrogen-bond donors (Lipinski definition) is 1. The van der Waals surface area contributed by atoms with Gasteiger partial charge < -0.3 is 9.50 Å². The quantitative estimate of drug-likeness (QED) is 0.293. The Morgan fingerprint density at radius 3 is 2.55 bits per heavy atom. The van der Waals surface area contributed by atoms with Gasteiger partial charge in [-0.05, 0) is 44.7 Å². The van der Waals surface area contributed by atoms with E-state index in [2.05, 4.69) is 15.4 Å². The number of para-hydroxylation sites is 1. The molecule has 1 aliphatic heterocycles. The number of nitrogens with one attached hydrogen (secondary N) is 1. The van der Waals surface area contributed by atoms with Gasteiger partial charge in [0.15, 0.2) is 5.65 Å². The van der Waals surface area contributed by atoms with E-state index in [4.69, 9.17) is 9.17 Å². The summed E-state index contributed by atoms with van der Waals surface area (Å²) in [5, 5.41) is 7.51. The van der Waals surface area contributed by atoms with Crippen LogP contribution in [0.25, 0.3) is 11.2 Å². The number of rotatable bonds is 9. The summed E-state index contributed by atoms with van der Waals surface area (Å²) in [6.07, 6.45) is 9.94. The number of sulfonamides is 1. The molecule has 12 nitrogen and oxygen atoms in total. The summed E-state index contributed by atoms with van der Waals surface area (Å²) in [6, 6.07) is 9.41. The predicted molar refractivity (Wildman–Crippen MR) is 153 cm³/mol. The van der Waals surface area contributed by atoms with Crippen molar-refractivity contribution in [1.29, 1.82) is 0 Å². The first kappa shape index (κ1) is 26.8. The topological polar surface area (TPSA) is 129 Å². The molecule has 4 heterocycles. The highest BCUT2D eigenvalue weighted by Gasteiger charge is 2.31. The second-order valence-corrected chi connectivity index (χ2v) is 12.7. The highest BCUT2D eigenvalue weighted by molar-refractivity contribution is 7.93. The Morgan fingerprint density at radius 2 is 1.82 bits per heavy atom. The summed E-state index contributed by atoms with van der Waals surface area (Å²) >= 11 is 0.948. The van der Waals surface area contributed by atoms with Crippen LogP contribution in [0.4, 0.5) is 5.95 Å². The van der Waals surface area contributed by atoms with E-state index in [1.807, 2.05) is 41.8 Å². The van der Waals surface area contributed by atoms with Crippen molar-refractivity contribution in [3.63, 3.8) is 0 Å². The van der Waals surface area contributed by atoms with Crippen molar-refractivity contribution in [2.45, 2.75) is 69.0 Å². The molecule has 0 radical (unpaired) electrons. The van der Waals surface area contributed by atoms with Crippen LogP contribution >= 0.6 is 12.2 Å². The lowest BCUT2D eigenvalue weighted by molar-refractivity contribution is 0.329. The maximum atomic E-state index is 13.3. The van der Waals surface area contributed by atoms with E-state index in [-0.39, 0.29) is 22.7 Å². The molecule has 1 aromatic carbocycles. The number of piperidine rings is 1. The van der Waals surface area contributed by atoms with E-state index in [0.717, 1.165) is 43.4 Å². The van der Waals surface area contributed by atoms with Crippen LogP contribution in [0.15, 0.2) is 58.6 Å². The third kappa shape index (κ3) is 5.22. The smallest absolute Gasteiger partial charge is 0.330 e. The van der Waals surface area contributed by atoms with Gasteiger partial charge in [0, 0.05) is 31.7 Å². The van der Waals surface area contributed by atoms with Crippen LogP contribution in [0.1, 0.15) is 51.5 Å². The summed E-state index contributed by atoms with van der Waals surface area (Å²) in [4.78, 5) is 22.5. The molecular weight excluding hydrogens is 552 g/mol. The van der Waals surface area contributed by atoms with Crippen LogP contribution in [0.5, 0.6) is 5.75 Å². The first-order valence-corrected chi connectivity index (χ1v) is 15.8. The van der Waals surface area contributed by atoms with Crippen molar-refractivity contribution in [3.05, 3.63) is 59.4 Å². The molecule has 0 amide bonds. The van der Waals surface area contributed by atoms with Crippen LogP contribution in [0.2, 0.25) is 0 Å². The average Bonchev–Trinajstić information content (AvgIpc) is 3.72. The van der Waals surface area contributed by atoms with Gasteiger partial charge in [0.2, 0.25) is 28.2 Å². The molecule has 212 valence electrons. The fraction of sp³-hybridized carbons (Fsp3) is 0.462. The molecule has 6 rings (SSSR count). The molecule has 4 aromatic rings. The summed E-state index contributed by atoms with van der Waals surface area (Å²) in [7, 11) is -3.69. The van der Waals surface area contributed by atoms with E-state index in [1.54, 1.807) is 10.8 Å². The largest absolute Gasteiger partial charge is 0.404 e. The van der Waals surface area contributed by atoms with Gasteiger partial charge in [0.1, 0.15) is 16.2 Å². The summed E-state index contributed by atoms with van der Waals surface area (Å²) < 4.78 is 38.5. The van der Waals surface area contributed by atoms with Crippen LogP contribution in [0.3, 0.4) is 0 Å². The van der Waals surface area contributed by atoms with Gasteiger partial charge >= 0.3 is 5.69 Å². The molecule has 0 unspecified atom stereocenters. The molecule has 40 heavy (non-hydrogen) atoms. The maximum absolute atomic E-state index is 13.3. The third-order valence-electron chi connectivity index (χ3n) is 7.63. The number of fused-ring (bicyclic) bond motifs is 1. The third-order valence-corrected chi connectivity index (χ3v) is 10.1. The molecule has 2 fully saturated rings. The second-order valence-electron chi connectivity index (χ2n) is 10.1. The molecule has 3 aromatic heterocycles. The number of aromatic nitrogens is 6. The van der Waals surface area contributed by atoms with Gasteiger partial charge in [-0.25, -0.2) is 18.2 Å². The number of nitrogens with zero attached hydrogens (tertiary/aromatic N) is 7. The van der Waals surface area contributed by atoms with Gasteiger partial charge in [-0.1, -0.05) is 31.0 Å². The number of aryl methyl sites for hydroxylation is 1. The molecular formula is C26H32N8O4S2. The lowest BCUT2D eigenvalue weighted by Crippen LogP contribution is -2.42. The van der Waals surface area contributed by atoms with E-state index >= 15 is 0 Å². The Balaban J connectivity index is 1.10. The molecule has 2 aliphatic rings. The van der Waals surface area contributed by atoms with Gasteiger partial charge in [-0.15, -0.1) is 0 Å². The summed E-state index contributed by atoms with van der Waals surface area (Å²) in [5.74, 6) is 1.11. The molecule has 0 spiro atoms. The van der Waals surface area contributed by atoms with Gasteiger partial charge in [-0.2, -0.15) is 18.5 Å². The first-order valence-electron chi connectivity index (χ1n) is 13.6. The van der Waals surface area contributed by atoms with Crippen LogP contribution in [-0.2, 0) is 16.6 Å². The second kappa shape index (κ2) is 11.3. The van der Waals surface area contributed by atoms with Crippen LogP contribution < -0.4 is 15.2 Å². The minimum Gasteiger partial charge on any atom is -0.404 e. The molecule has 1 saturated heterocycles. The Kier molecular flexibility index (Phi) is 7.55. The predicted octanol–water partition coefficient (Wildman–Crippen LogP) is 3.68. The lowest BCUT2D eigenvalue weighted by Gasteiger charge is -2.31. The molecule has 1 aliphatic carbocycles. The van der Waals surface area contributed by atoms with E-state index < -0.39 is 10.0 Å². The van der Waals surface area contributed by atoms with Crippen molar-refractivity contribution in [2.75, 3.05) is 18.4 Å². The standard InChI is InChI=1S/C26H32N8O4S2/c1-2-32-23-17-27-25(30-24(23)34(26(32)35)20-8-6-7-9-20)29-19-12-14-31(15-13-19)40(36,37)22-16-28-33(18-22)39-38-21-10-4-3-5-11-21/h3-5,10-11,16-20H,2,6-9,12-15H2,1H3,(H,27,29,30). The van der Waals surface area contributed by atoms with Crippen molar-refractivity contribution in [2.24, 2.45) is 0 Å². The van der Waals surface area contributed by atoms with E-state index in [1.165, 1.54) is 20.8 Å². The minimum atomic E-state index is -3.69.